The van der Waals surface area contributed by atoms with Gasteiger partial charge in [0.1, 0.15) is 10.5 Å². The lowest BCUT2D eigenvalue weighted by Gasteiger charge is -2.02. The van der Waals surface area contributed by atoms with Gasteiger partial charge in [0.15, 0.2) is 0 Å². The summed E-state index contributed by atoms with van der Waals surface area (Å²) in [4.78, 5) is 10.0. The Hall–Kier alpha value is -2.08. The molecule has 0 spiro atoms. The maximum absolute atomic E-state index is 4.41. The third-order valence-electron chi connectivity index (χ3n) is 2.71. The number of rotatable bonds is 4. The standard InChI is InChI=1S/C13H13N5S/c1-2-9-7-14-12(19-9)8-15-13-16-10-5-3-4-6-11(10)17-18-13/h3-7H,2,8H2,1H3,(H,15,16,18). The van der Waals surface area contributed by atoms with Crippen molar-refractivity contribution in [3.8, 4) is 0 Å². The number of fused-ring (bicyclic) bond motifs is 1. The lowest BCUT2D eigenvalue weighted by atomic mass is 10.3. The second-order valence-electron chi connectivity index (χ2n) is 4.05. The van der Waals surface area contributed by atoms with Crippen molar-refractivity contribution in [3.05, 3.63) is 40.3 Å². The predicted molar refractivity (Wildman–Crippen MR) is 76.2 cm³/mol. The highest BCUT2D eigenvalue weighted by Gasteiger charge is 2.03. The molecule has 1 N–H and O–H groups in total. The summed E-state index contributed by atoms with van der Waals surface area (Å²) in [6.45, 7) is 2.76. The highest BCUT2D eigenvalue weighted by atomic mass is 32.1. The number of nitrogens with zero attached hydrogens (tertiary/aromatic N) is 4. The van der Waals surface area contributed by atoms with Gasteiger partial charge in [0.2, 0.25) is 5.95 Å². The van der Waals surface area contributed by atoms with Gasteiger partial charge < -0.3 is 5.32 Å². The van der Waals surface area contributed by atoms with Gasteiger partial charge in [-0.3, -0.25) is 0 Å². The van der Waals surface area contributed by atoms with Gasteiger partial charge in [-0.1, -0.05) is 19.1 Å². The average Bonchev–Trinajstić information content (AvgIpc) is 2.93. The Morgan fingerprint density at radius 3 is 2.79 bits per heavy atom. The monoisotopic (exact) mass is 271 g/mol. The van der Waals surface area contributed by atoms with E-state index in [1.165, 1.54) is 4.88 Å². The van der Waals surface area contributed by atoms with E-state index in [1.807, 2.05) is 30.5 Å². The Morgan fingerprint density at radius 2 is 2.00 bits per heavy atom. The third-order valence-corrected chi connectivity index (χ3v) is 3.85. The van der Waals surface area contributed by atoms with Crippen molar-refractivity contribution in [3.63, 3.8) is 0 Å². The van der Waals surface area contributed by atoms with Gasteiger partial charge in [0.05, 0.1) is 12.1 Å². The Labute approximate surface area is 114 Å². The summed E-state index contributed by atoms with van der Waals surface area (Å²) in [5.41, 5.74) is 1.64. The van der Waals surface area contributed by atoms with Crippen LogP contribution in [0, 0.1) is 0 Å². The molecule has 0 aliphatic heterocycles. The van der Waals surface area contributed by atoms with E-state index in [0.29, 0.717) is 12.5 Å². The van der Waals surface area contributed by atoms with E-state index in [9.17, 15) is 0 Å². The number of para-hydroxylation sites is 1. The number of hydrogen-bond acceptors (Lipinski definition) is 6. The Kier molecular flexibility index (Phi) is 3.33. The van der Waals surface area contributed by atoms with Gasteiger partial charge in [-0.15, -0.1) is 21.5 Å². The zero-order valence-corrected chi connectivity index (χ0v) is 11.3. The van der Waals surface area contributed by atoms with Crippen LogP contribution in [0.2, 0.25) is 0 Å². The lowest BCUT2D eigenvalue weighted by molar-refractivity contribution is 0.977. The smallest absolute Gasteiger partial charge is 0.243 e. The molecule has 6 heteroatoms. The van der Waals surface area contributed by atoms with E-state index in [1.54, 1.807) is 11.3 Å². The lowest BCUT2D eigenvalue weighted by Crippen LogP contribution is -2.04. The Balaban J connectivity index is 1.74. The molecule has 0 amide bonds. The molecule has 96 valence electrons. The highest BCUT2D eigenvalue weighted by molar-refractivity contribution is 7.11. The molecule has 0 atom stereocenters. The van der Waals surface area contributed by atoms with Crippen LogP contribution in [-0.2, 0) is 13.0 Å². The first kappa shape index (κ1) is 12.0. The normalized spacial score (nSPS) is 10.8. The summed E-state index contributed by atoms with van der Waals surface area (Å²) in [6.07, 6.45) is 2.94. The minimum atomic E-state index is 0.534. The van der Waals surface area contributed by atoms with Gasteiger partial charge >= 0.3 is 0 Å². The number of nitrogens with one attached hydrogen (secondary N) is 1. The fourth-order valence-electron chi connectivity index (χ4n) is 1.70. The molecule has 2 aromatic heterocycles. The van der Waals surface area contributed by atoms with Crippen molar-refractivity contribution in [2.75, 3.05) is 5.32 Å². The predicted octanol–water partition coefficient (Wildman–Crippen LogP) is 2.66. The van der Waals surface area contributed by atoms with Crippen LogP contribution in [0.4, 0.5) is 5.95 Å². The number of aryl methyl sites for hydroxylation is 1. The molecule has 19 heavy (non-hydrogen) atoms. The van der Waals surface area contributed by atoms with Crippen molar-refractivity contribution >= 4 is 28.3 Å². The second-order valence-corrected chi connectivity index (χ2v) is 5.25. The number of aromatic nitrogens is 4. The molecule has 0 aliphatic carbocycles. The first-order valence-electron chi connectivity index (χ1n) is 6.12. The number of thiazole rings is 1. The van der Waals surface area contributed by atoms with E-state index >= 15 is 0 Å². The minimum Gasteiger partial charge on any atom is -0.346 e. The maximum atomic E-state index is 4.41. The summed E-state index contributed by atoms with van der Waals surface area (Å²) in [5.74, 6) is 0.534. The van der Waals surface area contributed by atoms with Crippen LogP contribution in [0.5, 0.6) is 0 Å². The summed E-state index contributed by atoms with van der Waals surface area (Å²) >= 11 is 1.71. The fraction of sp³-hybridized carbons (Fsp3) is 0.231. The van der Waals surface area contributed by atoms with Crippen LogP contribution < -0.4 is 5.32 Å². The molecule has 0 aliphatic rings. The third kappa shape index (κ3) is 2.68. The van der Waals surface area contributed by atoms with Crippen molar-refractivity contribution in [1.29, 1.82) is 0 Å². The van der Waals surface area contributed by atoms with Crippen LogP contribution in [0.1, 0.15) is 16.8 Å². The second kappa shape index (κ2) is 5.27. The number of benzene rings is 1. The summed E-state index contributed by atoms with van der Waals surface area (Å²) < 4.78 is 0. The van der Waals surface area contributed by atoms with Gasteiger partial charge in [0.25, 0.3) is 0 Å². The van der Waals surface area contributed by atoms with Gasteiger partial charge in [-0.05, 0) is 18.6 Å². The quantitative estimate of drug-likeness (QED) is 0.790. The van der Waals surface area contributed by atoms with E-state index in [-0.39, 0.29) is 0 Å². The van der Waals surface area contributed by atoms with Crippen molar-refractivity contribution in [2.45, 2.75) is 19.9 Å². The van der Waals surface area contributed by atoms with Crippen molar-refractivity contribution < 1.29 is 0 Å². The van der Waals surface area contributed by atoms with E-state index < -0.39 is 0 Å². The molecule has 0 fully saturated rings. The van der Waals surface area contributed by atoms with Gasteiger partial charge in [-0.2, -0.15) is 0 Å². The van der Waals surface area contributed by atoms with Crippen molar-refractivity contribution in [1.82, 2.24) is 20.2 Å². The topological polar surface area (TPSA) is 63.6 Å². The molecule has 1 aromatic carbocycles. The van der Waals surface area contributed by atoms with E-state index in [2.05, 4.69) is 32.4 Å². The Morgan fingerprint density at radius 1 is 1.16 bits per heavy atom. The summed E-state index contributed by atoms with van der Waals surface area (Å²) in [5, 5.41) is 12.4. The van der Waals surface area contributed by atoms with Crippen LogP contribution in [0.3, 0.4) is 0 Å². The van der Waals surface area contributed by atoms with E-state index in [4.69, 9.17) is 0 Å². The number of hydrogen-bond donors (Lipinski definition) is 1. The first-order valence-corrected chi connectivity index (χ1v) is 6.93. The van der Waals surface area contributed by atoms with Crippen molar-refractivity contribution in [2.24, 2.45) is 0 Å². The molecular formula is C13H13N5S. The van der Waals surface area contributed by atoms with Gasteiger partial charge in [0, 0.05) is 11.1 Å². The molecule has 0 saturated heterocycles. The number of anilines is 1. The zero-order chi connectivity index (χ0) is 13.1. The average molecular weight is 271 g/mol. The van der Waals surface area contributed by atoms with Gasteiger partial charge in [-0.25, -0.2) is 9.97 Å². The molecule has 0 bridgehead atoms. The molecule has 3 rings (SSSR count). The van der Waals surface area contributed by atoms with Crippen LogP contribution in [0.25, 0.3) is 11.0 Å². The van der Waals surface area contributed by atoms with E-state index in [0.717, 1.165) is 22.5 Å². The molecule has 5 nitrogen and oxygen atoms in total. The Bertz CT molecular complexity index is 694. The van der Waals surface area contributed by atoms with Crippen LogP contribution in [-0.4, -0.2) is 20.2 Å². The van der Waals surface area contributed by atoms with Crippen LogP contribution >= 0.6 is 11.3 Å². The first-order chi connectivity index (χ1) is 9.35. The fourth-order valence-corrected chi connectivity index (χ4v) is 2.51. The van der Waals surface area contributed by atoms with Crippen LogP contribution in [0.15, 0.2) is 30.5 Å². The largest absolute Gasteiger partial charge is 0.346 e. The maximum Gasteiger partial charge on any atom is 0.243 e. The zero-order valence-electron chi connectivity index (χ0n) is 10.5. The highest BCUT2D eigenvalue weighted by Crippen LogP contribution is 2.15. The molecular weight excluding hydrogens is 258 g/mol. The molecule has 0 saturated carbocycles. The molecule has 3 aromatic rings. The molecule has 0 unspecified atom stereocenters. The summed E-state index contributed by atoms with van der Waals surface area (Å²) in [6, 6.07) is 7.68. The minimum absolute atomic E-state index is 0.534. The summed E-state index contributed by atoms with van der Waals surface area (Å²) in [7, 11) is 0. The SMILES string of the molecule is CCc1cnc(CNc2nnc3ccccc3n2)s1. The molecule has 2 heterocycles. The molecule has 0 radical (unpaired) electrons.